The largest absolute Gasteiger partial charge is 0.402 e. The van der Waals surface area contributed by atoms with Gasteiger partial charge in [0.25, 0.3) is 0 Å². The molecule has 0 bridgehead atoms. The van der Waals surface area contributed by atoms with Crippen LogP contribution in [0.15, 0.2) is 40.9 Å². The van der Waals surface area contributed by atoms with Crippen LogP contribution in [0.4, 0.5) is 30.7 Å². The van der Waals surface area contributed by atoms with Crippen LogP contribution in [-0.4, -0.2) is 38.1 Å². The molecule has 0 aromatic heterocycles. The molecule has 0 aliphatic carbocycles. The van der Waals surface area contributed by atoms with Crippen LogP contribution in [0.5, 0.6) is 0 Å². The lowest BCUT2D eigenvalue weighted by Crippen LogP contribution is -2.28. The monoisotopic (exact) mass is 656 g/mol. The molecule has 0 aliphatic heterocycles. The summed E-state index contributed by atoms with van der Waals surface area (Å²) in [7, 11) is -4.47. The second-order valence-corrected chi connectivity index (χ2v) is 12.1. The van der Waals surface area contributed by atoms with E-state index in [0.717, 1.165) is 24.3 Å². The van der Waals surface area contributed by atoms with Crippen LogP contribution < -0.4 is 0 Å². The van der Waals surface area contributed by atoms with Crippen molar-refractivity contribution in [3.05, 3.63) is 73.4 Å². The molecule has 0 fully saturated rings. The number of benzene rings is 2. The van der Waals surface area contributed by atoms with E-state index in [1.54, 1.807) is 0 Å². The molecule has 0 heterocycles. The lowest BCUT2D eigenvalue weighted by atomic mass is 9.96. The lowest BCUT2D eigenvalue weighted by molar-refractivity contribution is -0.139. The smallest absolute Gasteiger partial charge is 0.294 e. The Morgan fingerprint density at radius 1 is 1.05 bits per heavy atom. The van der Waals surface area contributed by atoms with Gasteiger partial charge in [-0.25, -0.2) is 12.8 Å². The van der Waals surface area contributed by atoms with E-state index in [1.807, 2.05) is 0 Å². The third-order valence-electron chi connectivity index (χ3n) is 4.95. The number of carbonyl (C=O) groups is 1. The quantitative estimate of drug-likeness (QED) is 0.155. The average molecular weight is 658 g/mol. The summed E-state index contributed by atoms with van der Waals surface area (Å²) < 4.78 is 115. The minimum absolute atomic E-state index is 0.0710. The molecule has 0 aliphatic rings. The van der Waals surface area contributed by atoms with Crippen molar-refractivity contribution in [3.8, 4) is 0 Å². The molecule has 0 radical (unpaired) electrons. The first kappa shape index (κ1) is 31.6. The molecule has 0 spiro atoms. The highest BCUT2D eigenvalue weighted by molar-refractivity contribution is 9.10. The zero-order chi connectivity index (χ0) is 28.3. The highest BCUT2D eigenvalue weighted by Gasteiger charge is 2.39. The third-order valence-corrected chi connectivity index (χ3v) is 8.00. The summed E-state index contributed by atoms with van der Waals surface area (Å²) in [5.74, 6) is -7.53. The maximum Gasteiger partial charge on any atom is 0.402 e. The molecule has 0 N–H and O–H groups in total. The summed E-state index contributed by atoms with van der Waals surface area (Å²) in [6, 6.07) is 5.60. The van der Waals surface area contributed by atoms with E-state index in [0.29, 0.717) is 0 Å². The molecule has 3 nitrogen and oxygen atoms in total. The Kier molecular flexibility index (Phi) is 10.3. The van der Waals surface area contributed by atoms with Crippen molar-refractivity contribution < 1.29 is 43.9 Å². The molecule has 2 aromatic carbocycles. The third kappa shape index (κ3) is 9.56. The van der Waals surface area contributed by atoms with Gasteiger partial charge >= 0.3 is 12.4 Å². The molecule has 2 aromatic rings. The highest BCUT2D eigenvalue weighted by atomic mass is 79.9. The van der Waals surface area contributed by atoms with Crippen LogP contribution in [0.25, 0.3) is 6.08 Å². The number of halogens is 10. The van der Waals surface area contributed by atoms with Crippen molar-refractivity contribution in [1.82, 2.24) is 0 Å². The minimum atomic E-state index is -4.89. The van der Waals surface area contributed by atoms with Crippen LogP contribution in [0.2, 0.25) is 10.0 Å². The molecule has 204 valence electrons. The van der Waals surface area contributed by atoms with E-state index in [1.165, 1.54) is 25.1 Å². The summed E-state index contributed by atoms with van der Waals surface area (Å²) in [5.41, 5.74) is -0.0695. The first-order chi connectivity index (χ1) is 16.8. The van der Waals surface area contributed by atoms with Crippen LogP contribution >= 0.6 is 39.1 Å². The Morgan fingerprint density at radius 2 is 1.62 bits per heavy atom. The SMILES string of the molecule is C[C@@H](CC(=O)c1ccc(/C=C/C(c2cc(Cl)c(F)c(Cl)c2)C(F)(F)F)cc1Br)CS(=O)(=O)CC(F)(F)F. The van der Waals surface area contributed by atoms with E-state index in [2.05, 4.69) is 15.9 Å². The van der Waals surface area contributed by atoms with E-state index >= 15 is 0 Å². The Bertz CT molecular complexity index is 1270. The van der Waals surface area contributed by atoms with Crippen molar-refractivity contribution in [2.24, 2.45) is 5.92 Å². The van der Waals surface area contributed by atoms with Gasteiger partial charge in [0.1, 0.15) is 5.75 Å². The first-order valence-electron chi connectivity index (χ1n) is 10.3. The molecule has 14 heteroatoms. The van der Waals surface area contributed by atoms with Gasteiger partial charge in [-0.3, -0.25) is 4.79 Å². The maximum atomic E-state index is 13.7. The predicted octanol–water partition coefficient (Wildman–Crippen LogP) is 8.44. The number of sulfone groups is 1. The van der Waals surface area contributed by atoms with Gasteiger partial charge in [0.05, 0.1) is 21.7 Å². The van der Waals surface area contributed by atoms with E-state index in [-0.39, 0.29) is 27.6 Å². The van der Waals surface area contributed by atoms with Gasteiger partial charge in [0.2, 0.25) is 0 Å². The number of hydrogen-bond acceptors (Lipinski definition) is 3. The summed E-state index contributed by atoms with van der Waals surface area (Å²) in [5, 5.41) is -1.15. The predicted molar refractivity (Wildman–Crippen MR) is 131 cm³/mol. The Labute approximate surface area is 226 Å². The van der Waals surface area contributed by atoms with Gasteiger partial charge in [-0.2, -0.15) is 26.3 Å². The number of carbonyl (C=O) groups excluding carboxylic acids is 1. The summed E-state index contributed by atoms with van der Waals surface area (Å²) in [4.78, 5) is 12.6. The number of alkyl halides is 6. The zero-order valence-corrected chi connectivity index (χ0v) is 22.6. The van der Waals surface area contributed by atoms with Crippen LogP contribution in [0.1, 0.15) is 40.7 Å². The van der Waals surface area contributed by atoms with Crippen molar-refractivity contribution >= 4 is 60.8 Å². The van der Waals surface area contributed by atoms with Crippen LogP contribution in [0.3, 0.4) is 0 Å². The molecular formula is C23H18BrCl2F7O3S. The van der Waals surface area contributed by atoms with E-state index in [4.69, 9.17) is 23.2 Å². The molecule has 0 saturated heterocycles. The molecule has 0 saturated carbocycles. The van der Waals surface area contributed by atoms with Crippen LogP contribution in [0, 0.1) is 11.7 Å². The van der Waals surface area contributed by atoms with Gasteiger partial charge in [-0.1, -0.05) is 64.3 Å². The topological polar surface area (TPSA) is 51.2 Å². The van der Waals surface area contributed by atoms with Gasteiger partial charge in [0.15, 0.2) is 21.4 Å². The number of Topliss-reactive ketones (excluding diaryl/α,β-unsaturated/α-hetero) is 1. The maximum absolute atomic E-state index is 13.7. The molecule has 0 amide bonds. The van der Waals surface area contributed by atoms with Crippen molar-refractivity contribution in [1.29, 1.82) is 0 Å². The number of hydrogen-bond donors (Lipinski definition) is 0. The van der Waals surface area contributed by atoms with Crippen molar-refractivity contribution in [2.75, 3.05) is 11.5 Å². The average Bonchev–Trinajstić information content (AvgIpc) is 2.68. The fraction of sp³-hybridized carbons (Fsp3) is 0.348. The van der Waals surface area contributed by atoms with Gasteiger partial charge < -0.3 is 0 Å². The number of allylic oxidation sites excluding steroid dienone is 1. The van der Waals surface area contributed by atoms with Crippen molar-refractivity contribution in [3.63, 3.8) is 0 Å². The normalized spacial score (nSPS) is 14.7. The number of rotatable bonds is 9. The number of ketones is 1. The molecule has 37 heavy (non-hydrogen) atoms. The van der Waals surface area contributed by atoms with Gasteiger partial charge in [-0.15, -0.1) is 0 Å². The minimum Gasteiger partial charge on any atom is -0.294 e. The standard InChI is InChI=1S/C23H18BrCl2F7O3S/c1-12(10-37(35,36)11-22(28,29)30)6-20(34)15-4-2-13(7-17(15)24)3-5-16(23(31,32)33)14-8-18(25)21(27)19(26)9-14/h2-5,7-9,12,16H,6,10-11H2,1H3/b5-3+/t12-,16?/m0/s1. The Hall–Kier alpha value is -1.63. The lowest BCUT2D eigenvalue weighted by Gasteiger charge is -2.18. The summed E-state index contributed by atoms with van der Waals surface area (Å²) >= 11 is 14.4. The molecule has 1 unspecified atom stereocenters. The van der Waals surface area contributed by atoms with Crippen LogP contribution in [-0.2, 0) is 9.84 Å². The van der Waals surface area contributed by atoms with Crippen molar-refractivity contribution in [2.45, 2.75) is 31.6 Å². The first-order valence-corrected chi connectivity index (χ1v) is 13.7. The second-order valence-electron chi connectivity index (χ2n) is 8.32. The summed E-state index contributed by atoms with van der Waals surface area (Å²) in [6.07, 6.45) is -8.11. The zero-order valence-electron chi connectivity index (χ0n) is 18.7. The second kappa shape index (κ2) is 12.0. The molecular weight excluding hydrogens is 640 g/mol. The Morgan fingerprint density at radius 3 is 2.11 bits per heavy atom. The summed E-state index contributed by atoms with van der Waals surface area (Å²) in [6.45, 7) is 1.32. The molecule has 2 rings (SSSR count). The molecule has 2 atom stereocenters. The highest BCUT2D eigenvalue weighted by Crippen LogP contribution is 2.39. The van der Waals surface area contributed by atoms with Gasteiger partial charge in [-0.05, 0) is 41.3 Å². The fourth-order valence-corrected chi connectivity index (χ4v) is 6.18. The fourth-order valence-electron chi connectivity index (χ4n) is 3.46. The van der Waals surface area contributed by atoms with E-state index < -0.39 is 67.2 Å². The van der Waals surface area contributed by atoms with Gasteiger partial charge in [0, 0.05) is 16.5 Å². The van der Waals surface area contributed by atoms with E-state index in [9.17, 15) is 43.9 Å². The Balaban J connectivity index is 2.21.